The number of imide groups is 1. The third-order valence-corrected chi connectivity index (χ3v) is 7.28. The van der Waals surface area contributed by atoms with Crippen LogP contribution in [0.3, 0.4) is 0 Å². The first-order chi connectivity index (χ1) is 17.9. The van der Waals surface area contributed by atoms with Crippen molar-refractivity contribution < 1.29 is 19.2 Å². The number of carbonyl (C=O) groups is 4. The second kappa shape index (κ2) is 8.84. The molecule has 3 aliphatic heterocycles. The Kier molecular flexibility index (Phi) is 5.47. The van der Waals surface area contributed by atoms with Crippen LogP contribution in [0.2, 0.25) is 0 Å². The Hall–Kier alpha value is -4.54. The lowest BCUT2D eigenvalue weighted by molar-refractivity contribution is -0.136. The molecule has 4 amide bonds. The van der Waals surface area contributed by atoms with Crippen LogP contribution in [0.15, 0.2) is 48.7 Å². The summed E-state index contributed by atoms with van der Waals surface area (Å²) in [4.78, 5) is 53.4. The van der Waals surface area contributed by atoms with E-state index in [1.54, 1.807) is 18.3 Å². The maximum atomic E-state index is 13.0. The minimum atomic E-state index is -0.674. The molecule has 2 aromatic carbocycles. The van der Waals surface area contributed by atoms with Crippen molar-refractivity contribution in [2.75, 3.05) is 18.5 Å². The fraction of sp³-hybridized carbons (Fsp3) is 0.308. The highest BCUT2D eigenvalue weighted by Gasteiger charge is 2.39. The molecule has 0 spiro atoms. The van der Waals surface area contributed by atoms with Crippen LogP contribution < -0.4 is 15.5 Å². The van der Waals surface area contributed by atoms with E-state index in [1.807, 2.05) is 37.4 Å². The van der Waals surface area contributed by atoms with Crippen LogP contribution in [0.1, 0.15) is 57.3 Å². The monoisotopic (exact) mass is 499 g/mol. The first-order valence-corrected chi connectivity index (χ1v) is 12.2. The SMILES string of the molecule is CN1CCC(NC(=O)c2cn(-c3ccc4c(c3)CN(C3CCC(=O)NC3=O)C4=O)nn2)c2ccccc21. The summed E-state index contributed by atoms with van der Waals surface area (Å²) in [6, 6.07) is 12.5. The van der Waals surface area contributed by atoms with Crippen molar-refractivity contribution in [2.24, 2.45) is 0 Å². The van der Waals surface area contributed by atoms with Gasteiger partial charge in [0.15, 0.2) is 5.69 Å². The quantitative estimate of drug-likeness (QED) is 0.518. The normalized spacial score (nSPS) is 20.9. The highest BCUT2D eigenvalue weighted by molar-refractivity contribution is 6.05. The fourth-order valence-corrected chi connectivity index (χ4v) is 5.31. The number of anilines is 1. The highest BCUT2D eigenvalue weighted by atomic mass is 16.2. The molecule has 0 radical (unpaired) electrons. The third-order valence-electron chi connectivity index (χ3n) is 7.28. The molecule has 11 heteroatoms. The maximum absolute atomic E-state index is 13.0. The van der Waals surface area contributed by atoms with Crippen LogP contribution in [0, 0.1) is 0 Å². The van der Waals surface area contributed by atoms with E-state index < -0.39 is 11.9 Å². The number of fused-ring (bicyclic) bond motifs is 2. The summed E-state index contributed by atoms with van der Waals surface area (Å²) in [5.74, 6) is -1.32. The number of nitrogens with one attached hydrogen (secondary N) is 2. The number of piperidine rings is 1. The van der Waals surface area contributed by atoms with E-state index in [-0.39, 0.29) is 42.4 Å². The maximum Gasteiger partial charge on any atom is 0.273 e. The molecule has 3 aromatic rings. The lowest BCUT2D eigenvalue weighted by atomic mass is 9.96. The van der Waals surface area contributed by atoms with E-state index in [1.165, 1.54) is 9.58 Å². The van der Waals surface area contributed by atoms with E-state index in [4.69, 9.17) is 0 Å². The topological polar surface area (TPSA) is 130 Å². The van der Waals surface area contributed by atoms with Gasteiger partial charge in [0, 0.05) is 37.8 Å². The highest BCUT2D eigenvalue weighted by Crippen LogP contribution is 2.33. The van der Waals surface area contributed by atoms with Crippen LogP contribution in [-0.2, 0) is 16.1 Å². The molecule has 2 unspecified atom stereocenters. The molecule has 37 heavy (non-hydrogen) atoms. The number of nitrogens with zero attached hydrogens (tertiary/aromatic N) is 5. The number of aromatic nitrogens is 3. The Morgan fingerprint density at radius 1 is 1.11 bits per heavy atom. The molecule has 0 bridgehead atoms. The molecule has 0 saturated carbocycles. The summed E-state index contributed by atoms with van der Waals surface area (Å²) >= 11 is 0. The lowest BCUT2D eigenvalue weighted by Gasteiger charge is -2.33. The van der Waals surface area contributed by atoms with Gasteiger partial charge < -0.3 is 15.1 Å². The number of carbonyl (C=O) groups excluding carboxylic acids is 4. The van der Waals surface area contributed by atoms with Crippen molar-refractivity contribution in [3.8, 4) is 5.69 Å². The Bertz CT molecular complexity index is 1450. The van der Waals surface area contributed by atoms with Gasteiger partial charge in [-0.15, -0.1) is 5.10 Å². The summed E-state index contributed by atoms with van der Waals surface area (Å²) in [5, 5.41) is 13.6. The molecule has 6 rings (SSSR count). The average Bonchev–Trinajstić information content (AvgIpc) is 3.51. The second-order valence-electron chi connectivity index (χ2n) is 9.58. The third kappa shape index (κ3) is 4.02. The second-order valence-corrected chi connectivity index (χ2v) is 9.58. The Morgan fingerprint density at radius 3 is 2.78 bits per heavy atom. The Morgan fingerprint density at radius 2 is 1.95 bits per heavy atom. The van der Waals surface area contributed by atoms with Gasteiger partial charge in [0.25, 0.3) is 11.8 Å². The van der Waals surface area contributed by atoms with Crippen LogP contribution in [0.4, 0.5) is 5.69 Å². The predicted octanol–water partition coefficient (Wildman–Crippen LogP) is 1.34. The zero-order chi connectivity index (χ0) is 25.7. The molecular formula is C26H25N7O4. The van der Waals surface area contributed by atoms with Crippen molar-refractivity contribution in [3.05, 3.63) is 71.0 Å². The minimum absolute atomic E-state index is 0.116. The summed E-state index contributed by atoms with van der Waals surface area (Å²) in [6.07, 6.45) is 2.86. The molecule has 0 aliphatic carbocycles. The molecule has 188 valence electrons. The number of hydrogen-bond acceptors (Lipinski definition) is 7. The van der Waals surface area contributed by atoms with Gasteiger partial charge >= 0.3 is 0 Å². The van der Waals surface area contributed by atoms with Crippen molar-refractivity contribution in [3.63, 3.8) is 0 Å². The standard InChI is InChI=1S/C26H25N7O4/c1-31-11-10-19(18-4-2-3-5-21(18)31)27-24(35)20-14-33(30-29-20)16-6-7-17-15(12-16)13-32(26(17)37)22-8-9-23(34)28-25(22)36/h2-7,12,14,19,22H,8-11,13H2,1H3,(H,27,35)(H,28,34,36). The summed E-state index contributed by atoms with van der Waals surface area (Å²) in [6.45, 7) is 1.09. The van der Waals surface area contributed by atoms with Gasteiger partial charge in [0.1, 0.15) is 6.04 Å². The molecule has 1 fully saturated rings. The number of amides is 4. The summed E-state index contributed by atoms with van der Waals surface area (Å²) in [7, 11) is 2.04. The number of rotatable bonds is 4. The molecular weight excluding hydrogens is 474 g/mol. The molecule has 2 atom stereocenters. The number of hydrogen-bond donors (Lipinski definition) is 2. The molecule has 11 nitrogen and oxygen atoms in total. The van der Waals surface area contributed by atoms with Crippen LogP contribution in [-0.4, -0.2) is 63.2 Å². The van der Waals surface area contributed by atoms with Gasteiger partial charge in [0.2, 0.25) is 11.8 Å². The van der Waals surface area contributed by atoms with Gasteiger partial charge in [-0.3, -0.25) is 24.5 Å². The fourth-order valence-electron chi connectivity index (χ4n) is 5.31. The predicted molar refractivity (Wildman–Crippen MR) is 132 cm³/mol. The Labute approximate surface area is 212 Å². The van der Waals surface area contributed by atoms with Gasteiger partial charge in [-0.2, -0.15) is 0 Å². The molecule has 3 aliphatic rings. The van der Waals surface area contributed by atoms with Gasteiger partial charge in [-0.25, -0.2) is 4.68 Å². The van der Waals surface area contributed by atoms with Gasteiger partial charge in [-0.05, 0) is 48.2 Å². The summed E-state index contributed by atoms with van der Waals surface area (Å²) in [5.41, 5.74) is 4.26. The zero-order valence-electron chi connectivity index (χ0n) is 20.2. The number of benzene rings is 2. The van der Waals surface area contributed by atoms with Gasteiger partial charge in [0.05, 0.1) is 17.9 Å². The van der Waals surface area contributed by atoms with E-state index in [9.17, 15) is 19.2 Å². The molecule has 1 saturated heterocycles. The lowest BCUT2D eigenvalue weighted by Crippen LogP contribution is -2.52. The smallest absolute Gasteiger partial charge is 0.273 e. The van der Waals surface area contributed by atoms with Crippen molar-refractivity contribution in [1.82, 2.24) is 30.5 Å². The largest absolute Gasteiger partial charge is 0.374 e. The molecule has 4 heterocycles. The first-order valence-electron chi connectivity index (χ1n) is 12.2. The molecule has 2 N–H and O–H groups in total. The van der Waals surface area contributed by atoms with E-state index >= 15 is 0 Å². The van der Waals surface area contributed by atoms with E-state index in [0.717, 1.165) is 29.8 Å². The van der Waals surface area contributed by atoms with Crippen LogP contribution in [0.25, 0.3) is 5.69 Å². The number of para-hydroxylation sites is 1. The van der Waals surface area contributed by atoms with Crippen molar-refractivity contribution in [2.45, 2.75) is 37.9 Å². The average molecular weight is 500 g/mol. The van der Waals surface area contributed by atoms with E-state index in [2.05, 4.69) is 25.8 Å². The Balaban J connectivity index is 1.18. The van der Waals surface area contributed by atoms with Crippen LogP contribution in [0.5, 0.6) is 0 Å². The molecule has 1 aromatic heterocycles. The minimum Gasteiger partial charge on any atom is -0.374 e. The zero-order valence-corrected chi connectivity index (χ0v) is 20.2. The van der Waals surface area contributed by atoms with Crippen molar-refractivity contribution in [1.29, 1.82) is 0 Å². The first kappa shape index (κ1) is 22.9. The van der Waals surface area contributed by atoms with Crippen molar-refractivity contribution >= 4 is 29.3 Å². The summed E-state index contributed by atoms with van der Waals surface area (Å²) < 4.78 is 1.50. The van der Waals surface area contributed by atoms with E-state index in [0.29, 0.717) is 17.7 Å². The van der Waals surface area contributed by atoms with Crippen LogP contribution >= 0.6 is 0 Å². The van der Waals surface area contributed by atoms with Gasteiger partial charge in [-0.1, -0.05) is 23.4 Å².